The van der Waals surface area contributed by atoms with Gasteiger partial charge in [-0.25, -0.2) is 4.79 Å². The molecule has 3 nitrogen and oxygen atoms in total. The Labute approximate surface area is 125 Å². The van der Waals surface area contributed by atoms with Gasteiger partial charge in [0.2, 0.25) is 0 Å². The van der Waals surface area contributed by atoms with E-state index in [0.29, 0.717) is 0 Å². The number of esters is 1. The van der Waals surface area contributed by atoms with Crippen LogP contribution in [0.5, 0.6) is 0 Å². The van der Waals surface area contributed by atoms with Crippen LogP contribution in [-0.4, -0.2) is 30.1 Å². The molecule has 2 rings (SSSR count). The fraction of sp³-hybridized carbons (Fsp3) is 0.562. The SMILES string of the molecule is COC(=O)C1(Nc2cccc(C)c2)CSCCC1(C)C. The van der Waals surface area contributed by atoms with E-state index < -0.39 is 5.54 Å². The van der Waals surface area contributed by atoms with E-state index in [-0.39, 0.29) is 11.4 Å². The van der Waals surface area contributed by atoms with E-state index in [1.807, 2.05) is 23.9 Å². The predicted molar refractivity (Wildman–Crippen MR) is 85.3 cm³/mol. The summed E-state index contributed by atoms with van der Waals surface area (Å²) in [5.41, 5.74) is 1.34. The van der Waals surface area contributed by atoms with Crippen molar-refractivity contribution in [1.29, 1.82) is 0 Å². The van der Waals surface area contributed by atoms with Crippen molar-refractivity contribution < 1.29 is 9.53 Å². The lowest BCUT2D eigenvalue weighted by Crippen LogP contribution is -2.61. The van der Waals surface area contributed by atoms with Gasteiger partial charge in [-0.1, -0.05) is 26.0 Å². The molecule has 0 amide bonds. The van der Waals surface area contributed by atoms with Crippen molar-refractivity contribution in [2.75, 3.05) is 23.9 Å². The summed E-state index contributed by atoms with van der Waals surface area (Å²) in [4.78, 5) is 12.5. The van der Waals surface area contributed by atoms with Gasteiger partial charge in [-0.2, -0.15) is 11.8 Å². The summed E-state index contributed by atoms with van der Waals surface area (Å²) < 4.78 is 5.12. The monoisotopic (exact) mass is 293 g/mol. The molecule has 0 saturated carbocycles. The van der Waals surface area contributed by atoms with Crippen LogP contribution < -0.4 is 5.32 Å². The topological polar surface area (TPSA) is 38.3 Å². The van der Waals surface area contributed by atoms with Crippen LogP contribution in [0.1, 0.15) is 25.8 Å². The zero-order chi connectivity index (χ0) is 14.8. The first-order valence-electron chi connectivity index (χ1n) is 6.92. The van der Waals surface area contributed by atoms with Crippen LogP contribution in [0.15, 0.2) is 24.3 Å². The second-order valence-electron chi connectivity index (χ2n) is 6.08. The number of ether oxygens (including phenoxy) is 1. The van der Waals surface area contributed by atoms with Crippen LogP contribution in [0.4, 0.5) is 5.69 Å². The molecule has 0 spiro atoms. The third-order valence-corrected chi connectivity index (χ3v) is 5.38. The summed E-state index contributed by atoms with van der Waals surface area (Å²) in [6.45, 7) is 6.34. The number of hydrogen-bond acceptors (Lipinski definition) is 4. The van der Waals surface area contributed by atoms with E-state index in [9.17, 15) is 4.79 Å². The summed E-state index contributed by atoms with van der Waals surface area (Å²) in [6, 6.07) is 8.13. The molecule has 0 bridgehead atoms. The van der Waals surface area contributed by atoms with Crippen molar-refractivity contribution in [3.05, 3.63) is 29.8 Å². The Kier molecular flexibility index (Phi) is 4.33. The van der Waals surface area contributed by atoms with Crippen molar-refractivity contribution in [3.63, 3.8) is 0 Å². The largest absolute Gasteiger partial charge is 0.467 e. The zero-order valence-corrected chi connectivity index (χ0v) is 13.5. The summed E-state index contributed by atoms with van der Waals surface area (Å²) in [5, 5.41) is 3.48. The van der Waals surface area contributed by atoms with Gasteiger partial charge in [-0.3, -0.25) is 0 Å². The van der Waals surface area contributed by atoms with Crippen LogP contribution in [0.2, 0.25) is 0 Å². The second kappa shape index (κ2) is 5.68. The first-order chi connectivity index (χ1) is 9.41. The number of aryl methyl sites for hydroxylation is 1. The highest BCUT2D eigenvalue weighted by molar-refractivity contribution is 7.99. The Morgan fingerprint density at radius 1 is 1.40 bits per heavy atom. The summed E-state index contributed by atoms with van der Waals surface area (Å²) in [7, 11) is 1.47. The van der Waals surface area contributed by atoms with Crippen molar-refractivity contribution in [1.82, 2.24) is 0 Å². The molecule has 1 aromatic carbocycles. The zero-order valence-electron chi connectivity index (χ0n) is 12.7. The molecule has 20 heavy (non-hydrogen) atoms. The molecule has 110 valence electrons. The summed E-state index contributed by atoms with van der Waals surface area (Å²) in [5.74, 6) is 1.65. The van der Waals surface area contributed by atoms with Crippen molar-refractivity contribution in [2.45, 2.75) is 32.7 Å². The summed E-state index contributed by atoms with van der Waals surface area (Å²) in [6.07, 6.45) is 0.992. The van der Waals surface area contributed by atoms with Crippen molar-refractivity contribution in [2.24, 2.45) is 5.41 Å². The smallest absolute Gasteiger partial charge is 0.332 e. The van der Waals surface area contributed by atoms with Gasteiger partial charge in [0.05, 0.1) is 7.11 Å². The minimum Gasteiger partial charge on any atom is -0.467 e. The number of benzene rings is 1. The van der Waals surface area contributed by atoms with E-state index in [2.05, 4.69) is 38.2 Å². The Balaban J connectivity index is 2.39. The Hall–Kier alpha value is -1.16. The third kappa shape index (κ3) is 2.66. The maximum Gasteiger partial charge on any atom is 0.332 e. The van der Waals surface area contributed by atoms with E-state index in [0.717, 1.165) is 23.6 Å². The highest BCUT2D eigenvalue weighted by Gasteiger charge is 2.53. The molecule has 1 atom stereocenters. The molecular formula is C16H23NO2S. The average molecular weight is 293 g/mol. The lowest BCUT2D eigenvalue weighted by Gasteiger charge is -2.48. The maximum absolute atomic E-state index is 12.5. The van der Waals surface area contributed by atoms with Crippen molar-refractivity contribution >= 4 is 23.4 Å². The molecule has 0 aromatic heterocycles. The number of thioether (sulfide) groups is 1. The molecule has 1 unspecified atom stereocenters. The van der Waals surface area contributed by atoms with Crippen LogP contribution >= 0.6 is 11.8 Å². The molecule has 0 radical (unpaired) electrons. The number of hydrogen-bond donors (Lipinski definition) is 1. The van der Waals surface area contributed by atoms with Gasteiger partial charge in [-0.05, 0) is 36.8 Å². The van der Waals surface area contributed by atoms with Crippen LogP contribution in [0, 0.1) is 12.3 Å². The minimum atomic E-state index is -0.668. The summed E-state index contributed by atoms with van der Waals surface area (Å²) >= 11 is 1.81. The Morgan fingerprint density at radius 2 is 2.15 bits per heavy atom. The third-order valence-electron chi connectivity index (χ3n) is 4.25. The average Bonchev–Trinajstić information content (AvgIpc) is 2.40. The van der Waals surface area contributed by atoms with Gasteiger partial charge in [0.1, 0.15) is 5.54 Å². The van der Waals surface area contributed by atoms with Crippen LogP contribution in [0.25, 0.3) is 0 Å². The van der Waals surface area contributed by atoms with Gasteiger partial charge in [0, 0.05) is 16.9 Å². The molecule has 1 saturated heterocycles. The number of methoxy groups -OCH3 is 1. The molecular weight excluding hydrogens is 270 g/mol. The van der Waals surface area contributed by atoms with E-state index in [1.165, 1.54) is 12.7 Å². The quantitative estimate of drug-likeness (QED) is 0.866. The first kappa shape index (κ1) is 15.2. The first-order valence-corrected chi connectivity index (χ1v) is 8.08. The fourth-order valence-corrected chi connectivity index (χ4v) is 4.38. The Morgan fingerprint density at radius 3 is 2.75 bits per heavy atom. The van der Waals surface area contributed by atoms with E-state index >= 15 is 0 Å². The number of carbonyl (C=O) groups is 1. The van der Waals surface area contributed by atoms with Gasteiger partial charge < -0.3 is 10.1 Å². The maximum atomic E-state index is 12.5. The fourth-order valence-electron chi connectivity index (χ4n) is 2.70. The van der Waals surface area contributed by atoms with Crippen LogP contribution in [-0.2, 0) is 9.53 Å². The lowest BCUT2D eigenvalue weighted by molar-refractivity contribution is -0.149. The molecule has 1 heterocycles. The second-order valence-corrected chi connectivity index (χ2v) is 7.18. The number of anilines is 1. The Bertz CT molecular complexity index is 501. The molecule has 1 aliphatic rings. The molecule has 1 aliphatic heterocycles. The molecule has 4 heteroatoms. The molecule has 1 fully saturated rings. The predicted octanol–water partition coefficient (Wildman–Crippen LogP) is 3.48. The van der Waals surface area contributed by atoms with E-state index in [4.69, 9.17) is 4.74 Å². The molecule has 1 aromatic rings. The van der Waals surface area contributed by atoms with Gasteiger partial charge in [-0.15, -0.1) is 0 Å². The van der Waals surface area contributed by atoms with Gasteiger partial charge in [0.15, 0.2) is 0 Å². The molecule has 1 N–H and O–H groups in total. The number of nitrogens with one attached hydrogen (secondary N) is 1. The standard InChI is InChI=1S/C16H23NO2S/c1-12-6-5-7-13(10-12)17-16(14(18)19-4)11-20-9-8-15(16,2)3/h5-7,10,17H,8-9,11H2,1-4H3. The lowest BCUT2D eigenvalue weighted by atomic mass is 9.70. The van der Waals surface area contributed by atoms with Gasteiger partial charge in [0.25, 0.3) is 0 Å². The highest BCUT2D eigenvalue weighted by Crippen LogP contribution is 2.45. The van der Waals surface area contributed by atoms with Gasteiger partial charge >= 0.3 is 5.97 Å². The van der Waals surface area contributed by atoms with E-state index in [1.54, 1.807) is 0 Å². The number of carbonyl (C=O) groups excluding carboxylic acids is 1. The highest BCUT2D eigenvalue weighted by atomic mass is 32.2. The van der Waals surface area contributed by atoms with Crippen LogP contribution in [0.3, 0.4) is 0 Å². The normalized spacial score (nSPS) is 25.0. The minimum absolute atomic E-state index is 0.144. The number of rotatable bonds is 3. The van der Waals surface area contributed by atoms with Crippen molar-refractivity contribution in [3.8, 4) is 0 Å². The molecule has 0 aliphatic carbocycles.